The minimum atomic E-state index is -1.26. The van der Waals surface area contributed by atoms with E-state index in [0.717, 1.165) is 11.1 Å². The van der Waals surface area contributed by atoms with Crippen LogP contribution in [-0.2, 0) is 37.0 Å². The van der Waals surface area contributed by atoms with E-state index in [2.05, 4.69) is 21.5 Å². The Labute approximate surface area is 224 Å². The van der Waals surface area contributed by atoms with Crippen LogP contribution in [0.5, 0.6) is 0 Å². The van der Waals surface area contributed by atoms with Crippen LogP contribution < -0.4 is 5.73 Å². The van der Waals surface area contributed by atoms with Gasteiger partial charge in [-0.2, -0.15) is 14.4 Å². The molecule has 0 spiro atoms. The maximum absolute atomic E-state index is 14.1. The van der Waals surface area contributed by atoms with E-state index in [9.17, 15) is 9.18 Å². The van der Waals surface area contributed by atoms with E-state index in [1.807, 2.05) is 60.7 Å². The van der Waals surface area contributed by atoms with Gasteiger partial charge in [-0.15, -0.1) is 6.58 Å². The average Bonchev–Trinajstić information content (AvgIpc) is 3.48. The first kappa shape index (κ1) is 26.4. The molecule has 3 heterocycles. The molecular weight excluding hydrogens is 505 g/mol. The summed E-state index contributed by atoms with van der Waals surface area (Å²) >= 11 is 0. The summed E-state index contributed by atoms with van der Waals surface area (Å²) in [6.07, 6.45) is -0.946. The predicted molar refractivity (Wildman–Crippen MR) is 139 cm³/mol. The number of halogens is 1. The van der Waals surface area contributed by atoms with E-state index in [1.165, 1.54) is 17.8 Å². The summed E-state index contributed by atoms with van der Waals surface area (Å²) in [5.41, 5.74) is 6.74. The van der Waals surface area contributed by atoms with Crippen molar-refractivity contribution in [3.8, 4) is 0 Å². The molecule has 202 valence electrons. The normalized spacial score (nSPS) is 22.7. The van der Waals surface area contributed by atoms with Crippen LogP contribution in [0.1, 0.15) is 24.3 Å². The van der Waals surface area contributed by atoms with Gasteiger partial charge in [0.05, 0.1) is 26.1 Å². The third kappa shape index (κ3) is 5.51. The first-order chi connectivity index (χ1) is 18.9. The second-order valence-electron chi connectivity index (χ2n) is 9.14. The van der Waals surface area contributed by atoms with Crippen LogP contribution in [-0.4, -0.2) is 49.9 Å². The van der Waals surface area contributed by atoms with E-state index < -0.39 is 36.1 Å². The van der Waals surface area contributed by atoms with Crippen molar-refractivity contribution in [2.75, 3.05) is 12.3 Å². The van der Waals surface area contributed by atoms with Gasteiger partial charge in [0.2, 0.25) is 0 Å². The number of imidazole rings is 1. The molecule has 1 saturated heterocycles. The zero-order chi connectivity index (χ0) is 27.4. The summed E-state index contributed by atoms with van der Waals surface area (Å²) in [5, 5.41) is 0. The molecule has 1 fully saturated rings. The Kier molecular flexibility index (Phi) is 7.64. The predicted octanol–water partition coefficient (Wildman–Crippen LogP) is 3.74. The number of nitrogen functional groups attached to an aromatic ring is 1. The topological polar surface area (TPSA) is 124 Å². The second-order valence-corrected chi connectivity index (χ2v) is 9.14. The van der Waals surface area contributed by atoms with Gasteiger partial charge in [-0.05, 0) is 11.1 Å². The second kappa shape index (κ2) is 11.3. The van der Waals surface area contributed by atoms with E-state index in [4.69, 9.17) is 24.7 Å². The number of rotatable bonds is 10. The van der Waals surface area contributed by atoms with E-state index in [1.54, 1.807) is 6.08 Å². The summed E-state index contributed by atoms with van der Waals surface area (Å²) in [6.45, 7) is 5.82. The number of fused-ring (bicyclic) bond motifs is 1. The number of anilines is 1. The molecule has 10 nitrogen and oxygen atoms in total. The Hall–Kier alpha value is -4.19. The number of ether oxygens (including phenoxy) is 4. The molecule has 0 aliphatic carbocycles. The van der Waals surface area contributed by atoms with Gasteiger partial charge in [0.1, 0.15) is 11.7 Å². The Balaban J connectivity index is 1.52. The fraction of sp³-hybridized carbons (Fsp3) is 0.286. The number of esters is 1. The molecule has 4 aromatic rings. The number of hydrogen-bond donors (Lipinski definition) is 1. The highest BCUT2D eigenvalue weighted by molar-refractivity contribution is 5.81. The van der Waals surface area contributed by atoms with Gasteiger partial charge in [-0.1, -0.05) is 66.7 Å². The summed E-state index contributed by atoms with van der Waals surface area (Å²) in [4.78, 5) is 23.9. The van der Waals surface area contributed by atoms with Crippen LogP contribution >= 0.6 is 0 Å². The lowest BCUT2D eigenvalue weighted by Gasteiger charge is -2.32. The Morgan fingerprint density at radius 3 is 2.44 bits per heavy atom. The minimum Gasteiger partial charge on any atom is -0.455 e. The molecule has 4 atom stereocenters. The van der Waals surface area contributed by atoms with Crippen molar-refractivity contribution < 1.29 is 28.1 Å². The highest BCUT2D eigenvalue weighted by atomic mass is 19.1. The molecule has 1 aliphatic rings. The van der Waals surface area contributed by atoms with Crippen molar-refractivity contribution >= 4 is 23.0 Å². The van der Waals surface area contributed by atoms with Gasteiger partial charge in [0, 0.05) is 6.92 Å². The van der Waals surface area contributed by atoms with Crippen LogP contribution in [0.25, 0.3) is 11.2 Å². The van der Waals surface area contributed by atoms with E-state index >= 15 is 0 Å². The van der Waals surface area contributed by atoms with Gasteiger partial charge < -0.3 is 24.7 Å². The molecule has 0 radical (unpaired) electrons. The summed E-state index contributed by atoms with van der Waals surface area (Å²) < 4.78 is 40.4. The molecule has 0 unspecified atom stereocenters. The molecule has 11 heteroatoms. The lowest BCUT2D eigenvalue weighted by atomic mass is 9.95. The third-order valence-electron chi connectivity index (χ3n) is 6.46. The average molecular weight is 534 g/mol. The summed E-state index contributed by atoms with van der Waals surface area (Å²) in [7, 11) is 0. The molecule has 1 aliphatic heterocycles. The first-order valence-electron chi connectivity index (χ1n) is 12.3. The van der Waals surface area contributed by atoms with Crippen molar-refractivity contribution in [1.82, 2.24) is 19.5 Å². The highest BCUT2D eigenvalue weighted by Crippen LogP contribution is 2.43. The molecule has 0 amide bonds. The highest BCUT2D eigenvalue weighted by Gasteiger charge is 2.57. The van der Waals surface area contributed by atoms with Crippen LogP contribution in [0.4, 0.5) is 10.2 Å². The molecular formula is C28H28FN5O5. The van der Waals surface area contributed by atoms with Crippen molar-refractivity contribution in [2.45, 2.75) is 44.2 Å². The Bertz CT molecular complexity index is 1450. The molecule has 2 aromatic heterocycles. The van der Waals surface area contributed by atoms with Crippen LogP contribution in [0.3, 0.4) is 0 Å². The number of aromatic nitrogens is 4. The smallest absolute Gasteiger partial charge is 0.312 e. The Morgan fingerprint density at radius 1 is 1.13 bits per heavy atom. The van der Waals surface area contributed by atoms with Crippen molar-refractivity contribution in [2.24, 2.45) is 0 Å². The van der Waals surface area contributed by atoms with E-state index in [0.29, 0.717) is 6.61 Å². The fourth-order valence-corrected chi connectivity index (χ4v) is 4.65. The monoisotopic (exact) mass is 533 g/mol. The van der Waals surface area contributed by atoms with Crippen molar-refractivity contribution in [3.63, 3.8) is 0 Å². The zero-order valence-corrected chi connectivity index (χ0v) is 21.3. The molecule has 5 rings (SSSR count). The first-order valence-corrected chi connectivity index (χ1v) is 12.3. The third-order valence-corrected chi connectivity index (χ3v) is 6.46. The van der Waals surface area contributed by atoms with Crippen LogP contribution in [0.2, 0.25) is 0 Å². The van der Waals surface area contributed by atoms with Gasteiger partial charge in [0.25, 0.3) is 0 Å². The number of nitrogens with two attached hydrogens (primary N) is 1. The lowest BCUT2D eigenvalue weighted by Crippen LogP contribution is -2.48. The van der Waals surface area contributed by atoms with Gasteiger partial charge >= 0.3 is 12.0 Å². The van der Waals surface area contributed by atoms with Crippen molar-refractivity contribution in [3.05, 3.63) is 96.9 Å². The van der Waals surface area contributed by atoms with Gasteiger partial charge in [0.15, 0.2) is 29.3 Å². The quantitative estimate of drug-likeness (QED) is 0.184. The fourth-order valence-electron chi connectivity index (χ4n) is 4.65. The SMILES string of the molecule is C=C[C@]1(COCc2ccccc2)O[C@@H](n2cnc3c(N)nc(F)nc32)[C@H](OC(C)=O)[C@@H]1OCc1ccccc1. The van der Waals surface area contributed by atoms with Crippen molar-refractivity contribution in [1.29, 1.82) is 0 Å². The number of carbonyl (C=O) groups is 1. The molecule has 2 aromatic carbocycles. The van der Waals surface area contributed by atoms with E-state index in [-0.39, 0.29) is 30.2 Å². The maximum Gasteiger partial charge on any atom is 0.312 e. The number of nitrogens with zero attached hydrogens (tertiary/aromatic N) is 4. The largest absolute Gasteiger partial charge is 0.455 e. The zero-order valence-electron chi connectivity index (χ0n) is 21.3. The standard InChI is InChI=1S/C28H28FN5O5/c1-3-28(16-36-14-19-10-6-4-7-11-19)23(37-15-20-12-8-5-9-13-20)22(38-18(2)35)26(39-28)34-17-31-21-24(30)32-27(29)33-25(21)34/h3-13,17,22-23,26H,1,14-16H2,2H3,(H2,30,32,33)/t22-,23+,26-,28-/m1/s1. The molecule has 39 heavy (non-hydrogen) atoms. The lowest BCUT2D eigenvalue weighted by molar-refractivity contribution is -0.158. The Morgan fingerprint density at radius 2 is 1.79 bits per heavy atom. The summed E-state index contributed by atoms with van der Waals surface area (Å²) in [6, 6.07) is 19.2. The molecule has 2 N–H and O–H groups in total. The van der Waals surface area contributed by atoms with Gasteiger partial charge in [-0.25, -0.2) is 4.98 Å². The molecule has 0 saturated carbocycles. The number of hydrogen-bond acceptors (Lipinski definition) is 9. The van der Waals surface area contributed by atoms with Crippen LogP contribution in [0, 0.1) is 6.08 Å². The number of benzene rings is 2. The summed E-state index contributed by atoms with van der Waals surface area (Å²) in [5.74, 6) is -0.687. The van der Waals surface area contributed by atoms with Gasteiger partial charge in [-0.3, -0.25) is 9.36 Å². The number of carbonyl (C=O) groups excluding carboxylic acids is 1. The minimum absolute atomic E-state index is 0.0250. The van der Waals surface area contributed by atoms with Crippen LogP contribution in [0.15, 0.2) is 79.6 Å². The molecule has 0 bridgehead atoms. The maximum atomic E-state index is 14.1.